The monoisotopic (exact) mass is 276 g/mol. The first kappa shape index (κ1) is 12.7. The van der Waals surface area contributed by atoms with Crippen LogP contribution in [0, 0.1) is 11.3 Å². The van der Waals surface area contributed by atoms with Crippen LogP contribution < -0.4 is 0 Å². The van der Waals surface area contributed by atoms with Gasteiger partial charge < -0.3 is 0 Å². The topological polar surface area (TPSA) is 36.7 Å². The Morgan fingerprint density at radius 1 is 1.00 bits per heavy atom. The number of fused-ring (bicyclic) bond motifs is 1. The number of aromatic nitrogens is 1. The highest BCUT2D eigenvalue weighted by Gasteiger charge is 2.15. The normalized spacial score (nSPS) is 10.4. The number of rotatable bonds is 2. The molecule has 0 N–H and O–H groups in total. The fraction of sp³-hybridized carbons (Fsp3) is 0.0588. The summed E-state index contributed by atoms with van der Waals surface area (Å²) in [4.78, 5) is 4.59. The lowest BCUT2D eigenvalue weighted by atomic mass is 9.97. The van der Waals surface area contributed by atoms with Gasteiger partial charge in [0.05, 0.1) is 11.1 Å². The molecule has 0 bridgehead atoms. The smallest absolute Gasteiger partial charge is 0.115 e. The van der Waals surface area contributed by atoms with Gasteiger partial charge in [0.25, 0.3) is 0 Å². The van der Waals surface area contributed by atoms with Gasteiger partial charge in [-0.3, -0.25) is 0 Å². The van der Waals surface area contributed by atoms with E-state index in [9.17, 15) is 5.26 Å². The molecule has 0 amide bonds. The van der Waals surface area contributed by atoms with Crippen LogP contribution in [-0.4, -0.2) is 11.2 Å². The van der Waals surface area contributed by atoms with Crippen molar-refractivity contribution in [3.63, 3.8) is 0 Å². The molecule has 0 fully saturated rings. The third-order valence-electron chi connectivity index (χ3n) is 3.23. The molecule has 1 heterocycles. The Morgan fingerprint density at radius 2 is 1.70 bits per heavy atom. The molecular formula is C17H12N2S. The van der Waals surface area contributed by atoms with Crippen LogP contribution in [0.2, 0.25) is 0 Å². The van der Waals surface area contributed by atoms with Crippen LogP contribution >= 0.6 is 11.8 Å². The summed E-state index contributed by atoms with van der Waals surface area (Å²) >= 11 is 1.51. The molecule has 2 nitrogen and oxygen atoms in total. The van der Waals surface area contributed by atoms with Crippen molar-refractivity contribution in [2.45, 2.75) is 5.03 Å². The molecule has 0 radical (unpaired) electrons. The molecule has 0 atom stereocenters. The van der Waals surface area contributed by atoms with Crippen molar-refractivity contribution in [1.29, 1.82) is 5.26 Å². The fourth-order valence-corrected chi connectivity index (χ4v) is 2.89. The van der Waals surface area contributed by atoms with E-state index in [1.807, 2.05) is 60.9 Å². The first-order valence-electron chi connectivity index (χ1n) is 6.27. The Bertz CT molecular complexity index is 804. The number of nitrogens with zero attached hydrogens (tertiary/aromatic N) is 2. The molecule has 0 aliphatic heterocycles. The maximum absolute atomic E-state index is 9.55. The third-order valence-corrected chi connectivity index (χ3v) is 3.91. The van der Waals surface area contributed by atoms with Crippen LogP contribution in [0.15, 0.2) is 59.6 Å². The molecule has 20 heavy (non-hydrogen) atoms. The Morgan fingerprint density at radius 3 is 2.40 bits per heavy atom. The highest BCUT2D eigenvalue weighted by molar-refractivity contribution is 7.98. The van der Waals surface area contributed by atoms with Crippen molar-refractivity contribution < 1.29 is 0 Å². The van der Waals surface area contributed by atoms with Crippen LogP contribution in [0.25, 0.3) is 22.0 Å². The van der Waals surface area contributed by atoms with E-state index < -0.39 is 0 Å². The molecule has 0 aliphatic rings. The van der Waals surface area contributed by atoms with Crippen LogP contribution in [0.3, 0.4) is 0 Å². The summed E-state index contributed by atoms with van der Waals surface area (Å²) in [5, 5.41) is 11.4. The standard InChI is InChI=1S/C17H12N2S/c1-20-17-14(11-18)16(12-7-3-2-4-8-12)13-9-5-6-10-15(13)19-17/h2-10H,1H3. The highest BCUT2D eigenvalue weighted by atomic mass is 32.2. The SMILES string of the molecule is CSc1nc2ccccc2c(-c2ccccc2)c1C#N. The number of para-hydroxylation sites is 1. The molecule has 96 valence electrons. The highest BCUT2D eigenvalue weighted by Crippen LogP contribution is 2.35. The Balaban J connectivity index is 2.47. The second-order valence-corrected chi connectivity index (χ2v) is 5.16. The van der Waals surface area contributed by atoms with Gasteiger partial charge in [-0.05, 0) is 17.9 Å². The van der Waals surface area contributed by atoms with Gasteiger partial charge in [0.15, 0.2) is 0 Å². The maximum Gasteiger partial charge on any atom is 0.115 e. The lowest BCUT2D eigenvalue weighted by Gasteiger charge is -2.11. The zero-order chi connectivity index (χ0) is 13.9. The molecule has 3 aromatic rings. The molecule has 3 rings (SSSR count). The van der Waals surface area contributed by atoms with Gasteiger partial charge in [-0.2, -0.15) is 5.26 Å². The van der Waals surface area contributed by atoms with Gasteiger partial charge in [-0.15, -0.1) is 11.8 Å². The number of thioether (sulfide) groups is 1. The molecule has 0 saturated heterocycles. The summed E-state index contributed by atoms with van der Waals surface area (Å²) in [6, 6.07) is 20.3. The van der Waals surface area contributed by atoms with E-state index in [0.29, 0.717) is 5.56 Å². The molecule has 0 spiro atoms. The minimum Gasteiger partial charge on any atom is -0.240 e. The summed E-state index contributed by atoms with van der Waals surface area (Å²) in [5.74, 6) is 0. The fourth-order valence-electron chi connectivity index (χ4n) is 2.35. The second-order valence-electron chi connectivity index (χ2n) is 4.37. The van der Waals surface area contributed by atoms with Crippen LogP contribution in [0.4, 0.5) is 0 Å². The number of nitriles is 1. The predicted octanol–water partition coefficient (Wildman–Crippen LogP) is 4.50. The first-order chi connectivity index (χ1) is 9.85. The van der Waals surface area contributed by atoms with E-state index in [4.69, 9.17) is 0 Å². The second kappa shape index (κ2) is 5.36. The van der Waals surface area contributed by atoms with E-state index >= 15 is 0 Å². The number of benzene rings is 2. The van der Waals surface area contributed by atoms with E-state index in [1.54, 1.807) is 0 Å². The Hall–Kier alpha value is -2.31. The van der Waals surface area contributed by atoms with E-state index in [1.165, 1.54) is 11.8 Å². The van der Waals surface area contributed by atoms with Crippen molar-refractivity contribution in [1.82, 2.24) is 4.98 Å². The zero-order valence-corrected chi connectivity index (χ0v) is 11.8. The molecule has 1 aromatic heterocycles. The molecule has 3 heteroatoms. The molecule has 2 aromatic carbocycles. The van der Waals surface area contributed by atoms with Crippen molar-refractivity contribution in [2.75, 3.05) is 6.26 Å². The van der Waals surface area contributed by atoms with Crippen molar-refractivity contribution in [3.8, 4) is 17.2 Å². The summed E-state index contributed by atoms with van der Waals surface area (Å²) in [5.41, 5.74) is 3.61. The van der Waals surface area contributed by atoms with Gasteiger partial charge in [0, 0.05) is 10.9 Å². The molecule has 0 unspecified atom stereocenters. The third kappa shape index (κ3) is 2.04. The van der Waals surface area contributed by atoms with Gasteiger partial charge in [0.2, 0.25) is 0 Å². The Kier molecular flexibility index (Phi) is 3.41. The Labute approximate surface area is 122 Å². The first-order valence-corrected chi connectivity index (χ1v) is 7.50. The minimum atomic E-state index is 0.655. The van der Waals surface area contributed by atoms with E-state index in [0.717, 1.165) is 27.1 Å². The van der Waals surface area contributed by atoms with E-state index in [-0.39, 0.29) is 0 Å². The van der Waals surface area contributed by atoms with Gasteiger partial charge in [0.1, 0.15) is 11.1 Å². The van der Waals surface area contributed by atoms with Gasteiger partial charge in [-0.1, -0.05) is 48.5 Å². The quantitative estimate of drug-likeness (QED) is 0.647. The van der Waals surface area contributed by atoms with Gasteiger partial charge in [-0.25, -0.2) is 4.98 Å². The maximum atomic E-state index is 9.55. The molecular weight excluding hydrogens is 264 g/mol. The van der Waals surface area contributed by atoms with Crippen molar-refractivity contribution in [2.24, 2.45) is 0 Å². The minimum absolute atomic E-state index is 0.655. The van der Waals surface area contributed by atoms with E-state index in [2.05, 4.69) is 11.1 Å². The van der Waals surface area contributed by atoms with Crippen molar-refractivity contribution in [3.05, 3.63) is 60.2 Å². The number of pyridine rings is 1. The molecule has 0 saturated carbocycles. The lowest BCUT2D eigenvalue weighted by molar-refractivity contribution is 1.17. The summed E-state index contributed by atoms with van der Waals surface area (Å²) in [7, 11) is 0. The summed E-state index contributed by atoms with van der Waals surface area (Å²) in [6.07, 6.45) is 1.95. The molecule has 0 aliphatic carbocycles. The van der Waals surface area contributed by atoms with Crippen molar-refractivity contribution >= 4 is 22.7 Å². The average Bonchev–Trinajstić information content (AvgIpc) is 2.53. The lowest BCUT2D eigenvalue weighted by Crippen LogP contribution is -1.94. The zero-order valence-electron chi connectivity index (χ0n) is 11.0. The predicted molar refractivity (Wildman–Crippen MR) is 83.7 cm³/mol. The summed E-state index contributed by atoms with van der Waals surface area (Å²) in [6.45, 7) is 0. The van der Waals surface area contributed by atoms with Crippen LogP contribution in [0.5, 0.6) is 0 Å². The van der Waals surface area contributed by atoms with Crippen LogP contribution in [0.1, 0.15) is 5.56 Å². The summed E-state index contributed by atoms with van der Waals surface area (Å²) < 4.78 is 0. The average molecular weight is 276 g/mol. The van der Waals surface area contributed by atoms with Gasteiger partial charge >= 0.3 is 0 Å². The largest absolute Gasteiger partial charge is 0.240 e. The van der Waals surface area contributed by atoms with Crippen LogP contribution in [-0.2, 0) is 0 Å². The number of hydrogen-bond donors (Lipinski definition) is 0. The number of hydrogen-bond acceptors (Lipinski definition) is 3.